The highest BCUT2D eigenvalue weighted by Gasteiger charge is 2.05. The molecule has 0 bridgehead atoms. The Balaban J connectivity index is 0. The van der Waals surface area contributed by atoms with Gasteiger partial charge in [0.25, 0.3) is 0 Å². The van der Waals surface area contributed by atoms with Gasteiger partial charge < -0.3 is 5.32 Å². The van der Waals surface area contributed by atoms with E-state index >= 15 is 0 Å². The first-order valence-corrected chi connectivity index (χ1v) is 6.54. The van der Waals surface area contributed by atoms with Gasteiger partial charge in [-0.25, -0.2) is 4.98 Å². The SMILES string of the molecule is CCCCCCC(CC)Nc1ccccn1.Cl.Cl. The Morgan fingerprint density at radius 2 is 1.89 bits per heavy atom. The molecule has 2 nitrogen and oxygen atoms in total. The summed E-state index contributed by atoms with van der Waals surface area (Å²) in [5.41, 5.74) is 0. The van der Waals surface area contributed by atoms with E-state index in [0.29, 0.717) is 6.04 Å². The van der Waals surface area contributed by atoms with Crippen LogP contribution in [0.2, 0.25) is 0 Å². The fraction of sp³-hybridized carbons (Fsp3) is 0.643. The van der Waals surface area contributed by atoms with E-state index in [9.17, 15) is 0 Å². The van der Waals surface area contributed by atoms with E-state index in [0.717, 1.165) is 5.82 Å². The Kier molecular flexibility index (Phi) is 14.3. The van der Waals surface area contributed by atoms with Gasteiger partial charge in [0.15, 0.2) is 0 Å². The largest absolute Gasteiger partial charge is 0.367 e. The predicted molar refractivity (Wildman–Crippen MR) is 85.2 cm³/mol. The highest BCUT2D eigenvalue weighted by atomic mass is 35.5. The van der Waals surface area contributed by atoms with Crippen molar-refractivity contribution in [2.75, 3.05) is 5.32 Å². The minimum atomic E-state index is 0. The number of nitrogens with zero attached hydrogens (tertiary/aromatic N) is 1. The summed E-state index contributed by atoms with van der Waals surface area (Å²) in [7, 11) is 0. The fourth-order valence-electron chi connectivity index (χ4n) is 1.85. The van der Waals surface area contributed by atoms with Crippen molar-refractivity contribution in [1.82, 2.24) is 4.98 Å². The molecule has 106 valence electrons. The molecule has 1 unspecified atom stereocenters. The summed E-state index contributed by atoms with van der Waals surface area (Å²) >= 11 is 0. The Morgan fingerprint density at radius 3 is 2.44 bits per heavy atom. The second-order valence-corrected chi connectivity index (χ2v) is 4.31. The van der Waals surface area contributed by atoms with Crippen LogP contribution in [0.4, 0.5) is 5.82 Å². The number of pyridine rings is 1. The highest BCUT2D eigenvalue weighted by Crippen LogP contribution is 2.12. The van der Waals surface area contributed by atoms with Crippen LogP contribution in [0.15, 0.2) is 24.4 Å². The molecule has 4 heteroatoms. The Hall–Kier alpha value is -0.470. The number of halogens is 2. The normalized spacial score (nSPS) is 11.0. The first-order chi connectivity index (χ1) is 7.86. The Bertz CT molecular complexity index is 268. The van der Waals surface area contributed by atoms with E-state index in [-0.39, 0.29) is 24.8 Å². The van der Waals surface area contributed by atoms with Gasteiger partial charge >= 0.3 is 0 Å². The standard InChI is InChI=1S/C14H24N2.2ClH/c1-3-5-6-7-10-13(4-2)16-14-11-8-9-12-15-14;;/h8-9,11-13H,3-7,10H2,1-2H3,(H,15,16);2*1H. The van der Waals surface area contributed by atoms with Crippen molar-refractivity contribution in [2.45, 2.75) is 58.4 Å². The van der Waals surface area contributed by atoms with E-state index in [1.165, 1.54) is 38.5 Å². The molecule has 0 aliphatic rings. The average molecular weight is 293 g/mol. The summed E-state index contributed by atoms with van der Waals surface area (Å²) in [6, 6.07) is 6.59. The summed E-state index contributed by atoms with van der Waals surface area (Å²) in [6.07, 6.45) is 9.62. The van der Waals surface area contributed by atoms with Gasteiger partial charge in [-0.15, -0.1) is 24.8 Å². The van der Waals surface area contributed by atoms with Crippen LogP contribution in [0, 0.1) is 0 Å². The lowest BCUT2D eigenvalue weighted by atomic mass is 10.1. The summed E-state index contributed by atoms with van der Waals surface area (Å²) < 4.78 is 0. The molecular formula is C14H26Cl2N2. The third-order valence-electron chi connectivity index (χ3n) is 2.92. The van der Waals surface area contributed by atoms with Crippen LogP contribution in [-0.2, 0) is 0 Å². The Labute approximate surface area is 124 Å². The molecule has 1 heterocycles. The molecule has 1 aromatic rings. The van der Waals surface area contributed by atoms with Crippen LogP contribution in [-0.4, -0.2) is 11.0 Å². The molecule has 1 aromatic heterocycles. The quantitative estimate of drug-likeness (QED) is 0.676. The van der Waals surface area contributed by atoms with Crippen LogP contribution >= 0.6 is 24.8 Å². The molecule has 0 fully saturated rings. The minimum Gasteiger partial charge on any atom is -0.367 e. The maximum absolute atomic E-state index is 4.30. The smallest absolute Gasteiger partial charge is 0.126 e. The molecule has 0 aliphatic heterocycles. The zero-order valence-corrected chi connectivity index (χ0v) is 13.0. The monoisotopic (exact) mass is 292 g/mol. The van der Waals surface area contributed by atoms with Gasteiger partial charge in [-0.2, -0.15) is 0 Å². The van der Waals surface area contributed by atoms with E-state index in [1.807, 2.05) is 24.4 Å². The zero-order chi connectivity index (χ0) is 11.6. The Morgan fingerprint density at radius 1 is 1.11 bits per heavy atom. The maximum Gasteiger partial charge on any atom is 0.126 e. The number of hydrogen-bond donors (Lipinski definition) is 1. The second-order valence-electron chi connectivity index (χ2n) is 4.31. The number of unbranched alkanes of at least 4 members (excludes halogenated alkanes) is 3. The van der Waals surface area contributed by atoms with Crippen molar-refractivity contribution >= 4 is 30.6 Å². The third-order valence-corrected chi connectivity index (χ3v) is 2.92. The number of rotatable bonds is 8. The average Bonchev–Trinajstić information content (AvgIpc) is 2.34. The number of nitrogens with one attached hydrogen (secondary N) is 1. The minimum absolute atomic E-state index is 0. The summed E-state index contributed by atoms with van der Waals surface area (Å²) in [5.74, 6) is 1.00. The van der Waals surface area contributed by atoms with Gasteiger partial charge in [0.1, 0.15) is 5.82 Å². The van der Waals surface area contributed by atoms with Crippen molar-refractivity contribution in [2.24, 2.45) is 0 Å². The molecule has 18 heavy (non-hydrogen) atoms. The fourth-order valence-corrected chi connectivity index (χ4v) is 1.85. The molecule has 0 saturated heterocycles. The van der Waals surface area contributed by atoms with Gasteiger partial charge in [0, 0.05) is 12.2 Å². The number of anilines is 1. The molecule has 0 aromatic carbocycles. The van der Waals surface area contributed by atoms with E-state index < -0.39 is 0 Å². The highest BCUT2D eigenvalue weighted by molar-refractivity contribution is 5.85. The van der Waals surface area contributed by atoms with E-state index in [2.05, 4.69) is 24.1 Å². The summed E-state index contributed by atoms with van der Waals surface area (Å²) in [4.78, 5) is 4.30. The number of aromatic nitrogens is 1. The van der Waals surface area contributed by atoms with Gasteiger partial charge in [-0.1, -0.05) is 45.6 Å². The number of hydrogen-bond acceptors (Lipinski definition) is 2. The lowest BCUT2D eigenvalue weighted by molar-refractivity contribution is 0.560. The van der Waals surface area contributed by atoms with Gasteiger partial charge in [-0.05, 0) is 25.0 Å². The van der Waals surface area contributed by atoms with Crippen molar-refractivity contribution in [3.05, 3.63) is 24.4 Å². The topological polar surface area (TPSA) is 24.9 Å². The molecule has 1 N–H and O–H groups in total. The molecular weight excluding hydrogens is 267 g/mol. The lowest BCUT2D eigenvalue weighted by Crippen LogP contribution is -2.18. The van der Waals surface area contributed by atoms with Gasteiger partial charge in [0.05, 0.1) is 0 Å². The van der Waals surface area contributed by atoms with E-state index in [1.54, 1.807) is 0 Å². The molecule has 0 aliphatic carbocycles. The molecule has 0 amide bonds. The van der Waals surface area contributed by atoms with Gasteiger partial charge in [0.2, 0.25) is 0 Å². The van der Waals surface area contributed by atoms with Crippen LogP contribution in [0.1, 0.15) is 52.4 Å². The summed E-state index contributed by atoms with van der Waals surface area (Å²) in [5, 5.41) is 3.49. The van der Waals surface area contributed by atoms with Crippen molar-refractivity contribution in [1.29, 1.82) is 0 Å². The van der Waals surface area contributed by atoms with Crippen LogP contribution in [0.25, 0.3) is 0 Å². The van der Waals surface area contributed by atoms with E-state index in [4.69, 9.17) is 0 Å². The zero-order valence-electron chi connectivity index (χ0n) is 11.4. The summed E-state index contributed by atoms with van der Waals surface area (Å²) in [6.45, 7) is 4.49. The van der Waals surface area contributed by atoms with Crippen LogP contribution in [0.3, 0.4) is 0 Å². The van der Waals surface area contributed by atoms with Crippen LogP contribution < -0.4 is 5.32 Å². The predicted octanol–water partition coefficient (Wildman–Crippen LogP) is 5.09. The molecule has 1 rings (SSSR count). The lowest BCUT2D eigenvalue weighted by Gasteiger charge is -2.17. The molecule has 0 radical (unpaired) electrons. The van der Waals surface area contributed by atoms with Crippen molar-refractivity contribution < 1.29 is 0 Å². The third kappa shape index (κ3) is 8.60. The first-order valence-electron chi connectivity index (χ1n) is 6.54. The molecule has 0 spiro atoms. The maximum atomic E-state index is 4.30. The van der Waals surface area contributed by atoms with Crippen LogP contribution in [0.5, 0.6) is 0 Å². The molecule has 0 saturated carbocycles. The van der Waals surface area contributed by atoms with Gasteiger partial charge in [-0.3, -0.25) is 0 Å². The first kappa shape index (κ1) is 19.9. The second kappa shape index (κ2) is 13.0. The van der Waals surface area contributed by atoms with Crippen molar-refractivity contribution in [3.63, 3.8) is 0 Å². The molecule has 1 atom stereocenters. The van der Waals surface area contributed by atoms with Crippen molar-refractivity contribution in [3.8, 4) is 0 Å².